The maximum absolute atomic E-state index is 5.85. The molecule has 18 heavy (non-hydrogen) atoms. The molecule has 0 spiro atoms. The van der Waals surface area contributed by atoms with Gasteiger partial charge in [0.1, 0.15) is 5.75 Å². The molecule has 94 valence electrons. The molecular weight excluding hydrogens is 230 g/mol. The molecule has 0 atom stereocenters. The van der Waals surface area contributed by atoms with Crippen molar-refractivity contribution in [3.8, 4) is 17.1 Å². The summed E-state index contributed by atoms with van der Waals surface area (Å²) < 4.78 is 7.05. The first-order valence-corrected chi connectivity index (χ1v) is 5.97. The van der Waals surface area contributed by atoms with Crippen LogP contribution in [0.2, 0.25) is 0 Å². The molecule has 1 aliphatic rings. The fourth-order valence-corrected chi connectivity index (χ4v) is 1.95. The maximum atomic E-state index is 5.85. The zero-order valence-electron chi connectivity index (χ0n) is 10.2. The van der Waals surface area contributed by atoms with Crippen LogP contribution < -0.4 is 10.5 Å². The standard InChI is InChI=1S/C12H15N5O/c1-18-11-5-9(4-10(13)6-11)12-14-15-16-17(12)7-8-2-3-8/h4-6,8H,2-3,7,13H2,1H3. The van der Waals surface area contributed by atoms with Gasteiger partial charge in [-0.2, -0.15) is 0 Å². The van der Waals surface area contributed by atoms with Crippen molar-refractivity contribution < 1.29 is 4.74 Å². The molecule has 6 nitrogen and oxygen atoms in total. The number of nitrogen functional groups attached to an aromatic ring is 1. The van der Waals surface area contributed by atoms with Gasteiger partial charge in [0.15, 0.2) is 5.82 Å². The van der Waals surface area contributed by atoms with Gasteiger partial charge in [0.2, 0.25) is 0 Å². The van der Waals surface area contributed by atoms with E-state index in [-0.39, 0.29) is 0 Å². The molecule has 1 aliphatic carbocycles. The molecule has 0 unspecified atom stereocenters. The minimum absolute atomic E-state index is 0.644. The number of aromatic nitrogens is 4. The largest absolute Gasteiger partial charge is 0.497 e. The van der Waals surface area contributed by atoms with E-state index in [2.05, 4.69) is 15.5 Å². The topological polar surface area (TPSA) is 78.8 Å². The SMILES string of the molecule is COc1cc(N)cc(-c2nnnn2CC2CC2)c1. The van der Waals surface area contributed by atoms with Crippen molar-refractivity contribution in [3.63, 3.8) is 0 Å². The van der Waals surface area contributed by atoms with Crippen LogP contribution in [0.3, 0.4) is 0 Å². The van der Waals surface area contributed by atoms with Crippen molar-refractivity contribution in [1.82, 2.24) is 20.2 Å². The summed E-state index contributed by atoms with van der Waals surface area (Å²) in [6.07, 6.45) is 2.53. The van der Waals surface area contributed by atoms with E-state index in [1.165, 1.54) is 12.8 Å². The highest BCUT2D eigenvalue weighted by Crippen LogP contribution is 2.32. The van der Waals surface area contributed by atoms with E-state index >= 15 is 0 Å². The first-order chi connectivity index (χ1) is 8.76. The lowest BCUT2D eigenvalue weighted by Gasteiger charge is -2.07. The van der Waals surface area contributed by atoms with Crippen LogP contribution in [0, 0.1) is 5.92 Å². The number of methoxy groups -OCH3 is 1. The quantitative estimate of drug-likeness (QED) is 0.822. The maximum Gasteiger partial charge on any atom is 0.182 e. The van der Waals surface area contributed by atoms with Gasteiger partial charge in [-0.05, 0) is 41.3 Å². The van der Waals surface area contributed by atoms with Gasteiger partial charge in [-0.25, -0.2) is 4.68 Å². The van der Waals surface area contributed by atoms with E-state index in [1.807, 2.05) is 16.8 Å². The van der Waals surface area contributed by atoms with E-state index in [4.69, 9.17) is 10.5 Å². The van der Waals surface area contributed by atoms with Gasteiger partial charge in [-0.1, -0.05) is 0 Å². The summed E-state index contributed by atoms with van der Waals surface area (Å²) >= 11 is 0. The second-order valence-corrected chi connectivity index (χ2v) is 4.62. The van der Waals surface area contributed by atoms with Gasteiger partial charge in [0, 0.05) is 23.9 Å². The summed E-state index contributed by atoms with van der Waals surface area (Å²) in [7, 11) is 1.62. The van der Waals surface area contributed by atoms with Gasteiger partial charge >= 0.3 is 0 Å². The normalized spacial score (nSPS) is 14.7. The lowest BCUT2D eigenvalue weighted by Crippen LogP contribution is -2.04. The fourth-order valence-electron chi connectivity index (χ4n) is 1.95. The van der Waals surface area contributed by atoms with Crippen molar-refractivity contribution in [2.24, 2.45) is 5.92 Å². The molecule has 1 heterocycles. The number of nitrogens with zero attached hydrogens (tertiary/aromatic N) is 4. The Morgan fingerprint density at radius 2 is 2.22 bits per heavy atom. The molecule has 2 N–H and O–H groups in total. The zero-order chi connectivity index (χ0) is 12.5. The van der Waals surface area contributed by atoms with Crippen molar-refractivity contribution in [1.29, 1.82) is 0 Å². The smallest absolute Gasteiger partial charge is 0.182 e. The highest BCUT2D eigenvalue weighted by molar-refractivity contribution is 5.64. The molecule has 1 fully saturated rings. The Bertz CT molecular complexity index is 561. The van der Waals surface area contributed by atoms with E-state index in [1.54, 1.807) is 13.2 Å². The first-order valence-electron chi connectivity index (χ1n) is 5.97. The minimum atomic E-state index is 0.644. The molecule has 1 aromatic heterocycles. The van der Waals surface area contributed by atoms with Crippen LogP contribution >= 0.6 is 0 Å². The molecule has 0 amide bonds. The third-order valence-corrected chi connectivity index (χ3v) is 3.08. The van der Waals surface area contributed by atoms with E-state index in [0.29, 0.717) is 11.4 Å². The third kappa shape index (κ3) is 2.13. The lowest BCUT2D eigenvalue weighted by atomic mass is 10.1. The van der Waals surface area contributed by atoms with Gasteiger partial charge < -0.3 is 10.5 Å². The molecular formula is C12H15N5O. The number of rotatable bonds is 4. The van der Waals surface area contributed by atoms with Crippen LogP contribution in [0.5, 0.6) is 5.75 Å². The predicted molar refractivity (Wildman–Crippen MR) is 66.9 cm³/mol. The average molecular weight is 245 g/mol. The Morgan fingerprint density at radius 1 is 1.39 bits per heavy atom. The lowest BCUT2D eigenvalue weighted by molar-refractivity contribution is 0.415. The summed E-state index contributed by atoms with van der Waals surface area (Å²) in [6, 6.07) is 5.53. The number of benzene rings is 1. The van der Waals surface area contributed by atoms with Crippen molar-refractivity contribution in [2.45, 2.75) is 19.4 Å². The highest BCUT2D eigenvalue weighted by atomic mass is 16.5. The van der Waals surface area contributed by atoms with Crippen LogP contribution in [-0.2, 0) is 6.54 Å². The summed E-state index contributed by atoms with van der Waals surface area (Å²) in [4.78, 5) is 0. The Hall–Kier alpha value is -2.11. The van der Waals surface area contributed by atoms with Crippen LogP contribution in [0.4, 0.5) is 5.69 Å². The van der Waals surface area contributed by atoms with E-state index < -0.39 is 0 Å². The molecule has 3 rings (SSSR count). The van der Waals surface area contributed by atoms with E-state index in [9.17, 15) is 0 Å². The van der Waals surface area contributed by atoms with Crippen LogP contribution in [0.15, 0.2) is 18.2 Å². The van der Waals surface area contributed by atoms with Crippen molar-refractivity contribution in [2.75, 3.05) is 12.8 Å². The Kier molecular flexibility index (Phi) is 2.62. The van der Waals surface area contributed by atoms with Gasteiger partial charge in [0.05, 0.1) is 7.11 Å². The molecule has 6 heteroatoms. The monoisotopic (exact) mass is 245 g/mol. The van der Waals surface area contributed by atoms with Crippen molar-refractivity contribution in [3.05, 3.63) is 18.2 Å². The second kappa shape index (κ2) is 4.29. The number of nitrogens with two attached hydrogens (primary N) is 1. The second-order valence-electron chi connectivity index (χ2n) is 4.62. The summed E-state index contributed by atoms with van der Waals surface area (Å²) in [5, 5.41) is 11.9. The Balaban J connectivity index is 1.97. The summed E-state index contributed by atoms with van der Waals surface area (Å²) in [5.41, 5.74) is 7.38. The molecule has 0 saturated heterocycles. The Labute approximate surface area is 105 Å². The number of anilines is 1. The number of hydrogen-bond donors (Lipinski definition) is 1. The van der Waals surface area contributed by atoms with Crippen LogP contribution in [0.25, 0.3) is 11.4 Å². The summed E-state index contributed by atoms with van der Waals surface area (Å²) in [6.45, 7) is 0.874. The fraction of sp³-hybridized carbons (Fsp3) is 0.417. The number of ether oxygens (including phenoxy) is 1. The van der Waals surface area contributed by atoms with Crippen LogP contribution in [-0.4, -0.2) is 27.3 Å². The van der Waals surface area contributed by atoms with Gasteiger partial charge in [-0.3, -0.25) is 0 Å². The summed E-state index contributed by atoms with van der Waals surface area (Å²) in [5.74, 6) is 2.17. The zero-order valence-corrected chi connectivity index (χ0v) is 10.2. The van der Waals surface area contributed by atoms with Crippen LogP contribution in [0.1, 0.15) is 12.8 Å². The molecule has 1 saturated carbocycles. The predicted octanol–water partition coefficient (Wildman–Crippen LogP) is 1.34. The molecule has 0 radical (unpaired) electrons. The number of tetrazole rings is 1. The third-order valence-electron chi connectivity index (χ3n) is 3.08. The minimum Gasteiger partial charge on any atom is -0.497 e. The molecule has 1 aromatic carbocycles. The van der Waals surface area contributed by atoms with E-state index in [0.717, 1.165) is 23.9 Å². The molecule has 0 bridgehead atoms. The highest BCUT2D eigenvalue weighted by Gasteiger charge is 2.24. The van der Waals surface area contributed by atoms with Crippen molar-refractivity contribution >= 4 is 5.69 Å². The Morgan fingerprint density at radius 3 is 2.94 bits per heavy atom. The number of hydrogen-bond acceptors (Lipinski definition) is 5. The van der Waals surface area contributed by atoms with Gasteiger partial charge in [0.25, 0.3) is 0 Å². The average Bonchev–Trinajstić information content (AvgIpc) is 3.04. The van der Waals surface area contributed by atoms with Gasteiger partial charge in [-0.15, -0.1) is 5.10 Å². The molecule has 2 aromatic rings. The first kappa shape index (κ1) is 11.0. The molecule has 0 aliphatic heterocycles.